The summed E-state index contributed by atoms with van der Waals surface area (Å²) >= 11 is 3.05. The molecule has 0 atom stereocenters. The lowest BCUT2D eigenvalue weighted by Gasteiger charge is -2.38. The van der Waals surface area contributed by atoms with Crippen molar-refractivity contribution >= 4 is 22.0 Å². The van der Waals surface area contributed by atoms with E-state index in [1.54, 1.807) is 31.7 Å². The third kappa shape index (κ3) is 5.38. The summed E-state index contributed by atoms with van der Waals surface area (Å²) < 4.78 is 44.6. The predicted molar refractivity (Wildman–Crippen MR) is 97.9 cm³/mol. The lowest BCUT2D eigenvalue weighted by atomic mass is 9.75. The Hall–Kier alpha value is -1.75. The first kappa shape index (κ1) is 21.5. The van der Waals surface area contributed by atoms with Gasteiger partial charge in [-0.25, -0.2) is 4.79 Å². The highest BCUT2D eigenvalue weighted by Gasteiger charge is 2.39. The zero-order chi connectivity index (χ0) is 20.5. The Morgan fingerprint density at radius 1 is 1.30 bits per heavy atom. The van der Waals surface area contributed by atoms with Crippen LogP contribution in [0.1, 0.15) is 44.7 Å². The van der Waals surface area contributed by atoms with E-state index in [1.807, 2.05) is 0 Å². The molecular weight excluding hydrogens is 425 g/mol. The van der Waals surface area contributed by atoms with Gasteiger partial charge in [-0.05, 0) is 67.6 Å². The summed E-state index contributed by atoms with van der Waals surface area (Å²) in [6.45, 7) is 6.00. The number of benzene rings is 1. The Balaban J connectivity index is 2.13. The van der Waals surface area contributed by atoms with Gasteiger partial charge < -0.3 is 9.64 Å². The second-order valence-corrected chi connectivity index (χ2v) is 8.61. The third-order valence-electron chi connectivity index (χ3n) is 4.52. The molecule has 1 aromatic rings. The molecule has 1 fully saturated rings. The molecule has 0 N–H and O–H groups in total. The van der Waals surface area contributed by atoms with E-state index < -0.39 is 28.8 Å². The van der Waals surface area contributed by atoms with Crippen LogP contribution in [0.2, 0.25) is 0 Å². The number of carbonyl (C=O) groups is 1. The molecule has 0 radical (unpaired) electrons. The van der Waals surface area contributed by atoms with Gasteiger partial charge in [0.05, 0.1) is 17.0 Å². The average Bonchev–Trinajstić information content (AvgIpc) is 2.54. The number of nitrogens with zero attached hydrogens (tertiary/aromatic N) is 2. The molecule has 1 saturated heterocycles. The molecule has 0 bridgehead atoms. The van der Waals surface area contributed by atoms with E-state index in [1.165, 1.54) is 6.07 Å². The molecule has 148 valence electrons. The lowest BCUT2D eigenvalue weighted by molar-refractivity contribution is -0.138. The van der Waals surface area contributed by atoms with Crippen molar-refractivity contribution in [2.75, 3.05) is 13.1 Å². The largest absolute Gasteiger partial charge is 0.444 e. The van der Waals surface area contributed by atoms with Gasteiger partial charge >= 0.3 is 12.3 Å². The van der Waals surface area contributed by atoms with Crippen molar-refractivity contribution in [3.63, 3.8) is 0 Å². The number of rotatable bonds is 2. The molecule has 1 heterocycles. The molecule has 1 amide bonds. The number of ether oxygens (including phenoxy) is 1. The highest BCUT2D eigenvalue weighted by Crippen LogP contribution is 2.41. The topological polar surface area (TPSA) is 53.3 Å². The zero-order valence-corrected chi connectivity index (χ0v) is 17.1. The van der Waals surface area contributed by atoms with Crippen LogP contribution in [-0.2, 0) is 17.3 Å². The summed E-state index contributed by atoms with van der Waals surface area (Å²) in [7, 11) is 0. The first-order valence-corrected chi connectivity index (χ1v) is 9.40. The normalized spacial score (nSPS) is 17.3. The minimum absolute atomic E-state index is 0.0262. The maximum atomic E-state index is 13.1. The highest BCUT2D eigenvalue weighted by molar-refractivity contribution is 9.10. The van der Waals surface area contributed by atoms with Crippen LogP contribution in [0.25, 0.3) is 0 Å². The van der Waals surface area contributed by atoms with Crippen molar-refractivity contribution in [1.29, 1.82) is 5.26 Å². The summed E-state index contributed by atoms with van der Waals surface area (Å²) in [5.41, 5.74) is -1.73. The van der Waals surface area contributed by atoms with E-state index >= 15 is 0 Å². The minimum atomic E-state index is -4.46. The number of alkyl halides is 3. The number of hydrogen-bond donors (Lipinski definition) is 0. The molecule has 1 aliphatic heterocycles. The lowest BCUT2D eigenvalue weighted by Crippen LogP contribution is -2.45. The maximum absolute atomic E-state index is 13.1. The third-order valence-corrected chi connectivity index (χ3v) is 5.46. The number of amides is 1. The van der Waals surface area contributed by atoms with Crippen molar-refractivity contribution in [3.8, 4) is 6.07 Å². The van der Waals surface area contributed by atoms with Gasteiger partial charge in [0.1, 0.15) is 5.60 Å². The van der Waals surface area contributed by atoms with Gasteiger partial charge in [-0.2, -0.15) is 18.4 Å². The van der Waals surface area contributed by atoms with Crippen LogP contribution in [-0.4, -0.2) is 29.7 Å². The first-order valence-electron chi connectivity index (χ1n) is 8.61. The molecule has 0 aromatic heterocycles. The Bertz CT molecular complexity index is 743. The second kappa shape index (κ2) is 7.70. The van der Waals surface area contributed by atoms with Crippen molar-refractivity contribution in [2.24, 2.45) is 5.41 Å². The van der Waals surface area contributed by atoms with E-state index in [0.717, 1.165) is 6.07 Å². The Kier molecular flexibility index (Phi) is 6.15. The summed E-state index contributed by atoms with van der Waals surface area (Å²) in [5.74, 6) is 0. The van der Waals surface area contributed by atoms with Gasteiger partial charge in [-0.15, -0.1) is 0 Å². The molecule has 2 rings (SSSR count). The number of hydrogen-bond acceptors (Lipinski definition) is 3. The zero-order valence-electron chi connectivity index (χ0n) is 15.5. The molecule has 4 nitrogen and oxygen atoms in total. The molecule has 27 heavy (non-hydrogen) atoms. The average molecular weight is 447 g/mol. The molecular formula is C19H22BrF3N2O2. The maximum Gasteiger partial charge on any atom is 0.417 e. The highest BCUT2D eigenvalue weighted by atomic mass is 79.9. The Morgan fingerprint density at radius 2 is 1.89 bits per heavy atom. The van der Waals surface area contributed by atoms with E-state index in [9.17, 15) is 23.2 Å². The van der Waals surface area contributed by atoms with Crippen molar-refractivity contribution in [2.45, 2.75) is 51.8 Å². The number of halogens is 4. The van der Waals surface area contributed by atoms with E-state index in [0.29, 0.717) is 31.5 Å². The molecule has 8 heteroatoms. The smallest absolute Gasteiger partial charge is 0.417 e. The van der Waals surface area contributed by atoms with E-state index in [-0.39, 0.29) is 10.9 Å². The minimum Gasteiger partial charge on any atom is -0.444 e. The molecule has 0 spiro atoms. The molecule has 0 unspecified atom stereocenters. The van der Waals surface area contributed by atoms with Crippen molar-refractivity contribution < 1.29 is 22.7 Å². The number of likely N-dealkylation sites (tertiary alicyclic amines) is 1. The van der Waals surface area contributed by atoms with E-state index in [4.69, 9.17) is 4.74 Å². The van der Waals surface area contributed by atoms with Gasteiger partial charge in [-0.3, -0.25) is 0 Å². The van der Waals surface area contributed by atoms with Crippen LogP contribution in [0.3, 0.4) is 0 Å². The SMILES string of the molecule is CC(C)(C)OC(=O)N1CCC(C#N)(Cc2cccc(C(F)(F)F)c2Br)CC1. The summed E-state index contributed by atoms with van der Waals surface area (Å²) in [6, 6.07) is 6.24. The summed E-state index contributed by atoms with van der Waals surface area (Å²) in [5, 5.41) is 9.71. The number of carbonyl (C=O) groups excluding carboxylic acids is 1. The molecule has 1 aliphatic rings. The standard InChI is InChI=1S/C19H22BrF3N2O2/c1-17(2,3)27-16(26)25-9-7-18(12-24,8-10-25)11-13-5-4-6-14(15(13)20)19(21,22)23/h4-6H,7-11H2,1-3H3. The van der Waals surface area contributed by atoms with Gasteiger partial charge in [0.2, 0.25) is 0 Å². The fourth-order valence-corrected chi connectivity index (χ4v) is 3.70. The van der Waals surface area contributed by atoms with Crippen LogP contribution >= 0.6 is 15.9 Å². The number of piperidine rings is 1. The predicted octanol–water partition coefficient (Wildman–Crippen LogP) is 5.55. The molecule has 1 aromatic carbocycles. The van der Waals surface area contributed by atoms with E-state index in [2.05, 4.69) is 22.0 Å². The monoisotopic (exact) mass is 446 g/mol. The fraction of sp³-hybridized carbons (Fsp3) is 0.579. The van der Waals surface area contributed by atoms with Gasteiger partial charge in [0.15, 0.2) is 0 Å². The van der Waals surface area contributed by atoms with Gasteiger partial charge in [-0.1, -0.05) is 12.1 Å². The van der Waals surface area contributed by atoms with Crippen molar-refractivity contribution in [3.05, 3.63) is 33.8 Å². The van der Waals surface area contributed by atoms with Crippen LogP contribution in [0.4, 0.5) is 18.0 Å². The molecule has 0 saturated carbocycles. The summed E-state index contributed by atoms with van der Waals surface area (Å²) in [4.78, 5) is 13.7. The quantitative estimate of drug-likeness (QED) is 0.597. The van der Waals surface area contributed by atoms with Gasteiger partial charge in [0, 0.05) is 17.6 Å². The van der Waals surface area contributed by atoms with Crippen molar-refractivity contribution in [1.82, 2.24) is 4.90 Å². The van der Waals surface area contributed by atoms with Crippen LogP contribution in [0.15, 0.2) is 22.7 Å². The second-order valence-electron chi connectivity index (χ2n) is 7.81. The molecule has 0 aliphatic carbocycles. The number of nitriles is 1. The van der Waals surface area contributed by atoms with Crippen LogP contribution in [0, 0.1) is 16.7 Å². The van der Waals surface area contributed by atoms with Crippen LogP contribution < -0.4 is 0 Å². The summed E-state index contributed by atoms with van der Waals surface area (Å²) in [6.07, 6.45) is -3.95. The first-order chi connectivity index (χ1) is 12.4. The Labute approximate surface area is 165 Å². The van der Waals surface area contributed by atoms with Gasteiger partial charge in [0.25, 0.3) is 0 Å². The fourth-order valence-electron chi connectivity index (χ4n) is 3.07. The Morgan fingerprint density at radius 3 is 2.37 bits per heavy atom. The van der Waals surface area contributed by atoms with Crippen LogP contribution in [0.5, 0.6) is 0 Å².